The number of aliphatic carboxylic acids is 1. The summed E-state index contributed by atoms with van der Waals surface area (Å²) in [5.41, 5.74) is 6.85. The maximum Gasteiger partial charge on any atom is 0.320 e. The number of likely N-dealkylation sites (tertiary alicyclic amines) is 1. The Labute approximate surface area is 112 Å². The Morgan fingerprint density at radius 2 is 2.32 bits per heavy atom. The van der Waals surface area contributed by atoms with Crippen molar-refractivity contribution in [1.82, 2.24) is 9.88 Å². The molecule has 2 atom stereocenters. The fourth-order valence-electron chi connectivity index (χ4n) is 2.38. The molecule has 19 heavy (non-hydrogen) atoms. The second-order valence-electron chi connectivity index (χ2n) is 5.20. The van der Waals surface area contributed by atoms with E-state index in [2.05, 4.69) is 4.98 Å². The largest absolute Gasteiger partial charge is 0.480 e. The number of rotatable bonds is 4. The first-order valence-corrected chi connectivity index (χ1v) is 6.32. The lowest BCUT2D eigenvalue weighted by molar-refractivity contribution is -0.142. The third kappa shape index (κ3) is 3.21. The summed E-state index contributed by atoms with van der Waals surface area (Å²) in [6.07, 6.45) is 2.30. The molecule has 2 heterocycles. The van der Waals surface area contributed by atoms with Crippen LogP contribution in [0, 0.1) is 0 Å². The highest BCUT2D eigenvalue weighted by Gasteiger charge is 2.34. The molecule has 1 aromatic rings. The van der Waals surface area contributed by atoms with Crippen molar-refractivity contribution in [2.75, 3.05) is 25.5 Å². The molecule has 0 spiro atoms. The van der Waals surface area contributed by atoms with Crippen molar-refractivity contribution in [2.24, 2.45) is 5.73 Å². The average molecular weight is 264 g/mol. The summed E-state index contributed by atoms with van der Waals surface area (Å²) < 4.78 is 0. The van der Waals surface area contributed by atoms with Gasteiger partial charge in [0.25, 0.3) is 0 Å². The van der Waals surface area contributed by atoms with Gasteiger partial charge < -0.3 is 15.7 Å². The SMILES string of the molecule is CN(C)c1ccc(CN2C[C@@H](N)C[C@H]2C(=O)O)cn1. The van der Waals surface area contributed by atoms with Crippen LogP contribution in [0.3, 0.4) is 0 Å². The van der Waals surface area contributed by atoms with Crippen molar-refractivity contribution in [3.05, 3.63) is 23.9 Å². The predicted molar refractivity (Wildman–Crippen MR) is 73.0 cm³/mol. The minimum Gasteiger partial charge on any atom is -0.480 e. The van der Waals surface area contributed by atoms with Crippen molar-refractivity contribution in [2.45, 2.75) is 25.0 Å². The molecule has 6 heteroatoms. The minimum absolute atomic E-state index is 0.0601. The summed E-state index contributed by atoms with van der Waals surface area (Å²) in [4.78, 5) is 19.3. The normalized spacial score (nSPS) is 23.5. The summed E-state index contributed by atoms with van der Waals surface area (Å²) in [6.45, 7) is 1.19. The van der Waals surface area contributed by atoms with Crippen molar-refractivity contribution < 1.29 is 9.90 Å². The van der Waals surface area contributed by atoms with E-state index in [9.17, 15) is 9.90 Å². The second-order valence-corrected chi connectivity index (χ2v) is 5.20. The van der Waals surface area contributed by atoms with Crippen LogP contribution in [0.4, 0.5) is 5.82 Å². The molecule has 2 rings (SSSR count). The van der Waals surface area contributed by atoms with E-state index in [-0.39, 0.29) is 6.04 Å². The van der Waals surface area contributed by atoms with Crippen molar-refractivity contribution >= 4 is 11.8 Å². The number of nitrogens with two attached hydrogens (primary N) is 1. The topological polar surface area (TPSA) is 82.7 Å². The van der Waals surface area contributed by atoms with Gasteiger partial charge in [-0.2, -0.15) is 0 Å². The van der Waals surface area contributed by atoms with Gasteiger partial charge in [-0.15, -0.1) is 0 Å². The molecule has 0 saturated carbocycles. The number of hydrogen-bond acceptors (Lipinski definition) is 5. The Morgan fingerprint density at radius 1 is 1.58 bits per heavy atom. The zero-order chi connectivity index (χ0) is 14.0. The molecule has 1 fully saturated rings. The van der Waals surface area contributed by atoms with Crippen LogP contribution >= 0.6 is 0 Å². The van der Waals surface area contributed by atoms with Gasteiger partial charge in [0.05, 0.1) is 0 Å². The lowest BCUT2D eigenvalue weighted by Gasteiger charge is -2.21. The van der Waals surface area contributed by atoms with Crippen LogP contribution in [0.5, 0.6) is 0 Å². The summed E-state index contributed by atoms with van der Waals surface area (Å²) in [7, 11) is 3.86. The highest BCUT2D eigenvalue weighted by atomic mass is 16.4. The number of carboxylic acid groups (broad SMARTS) is 1. The summed E-state index contributed by atoms with van der Waals surface area (Å²) in [5, 5.41) is 9.18. The molecule has 0 aliphatic carbocycles. The number of hydrogen-bond donors (Lipinski definition) is 2. The van der Waals surface area contributed by atoms with Gasteiger partial charge in [-0.3, -0.25) is 9.69 Å². The number of carbonyl (C=O) groups is 1. The molecule has 0 amide bonds. The van der Waals surface area contributed by atoms with Crippen molar-refractivity contribution in [1.29, 1.82) is 0 Å². The van der Waals surface area contributed by atoms with Crippen LogP contribution in [-0.4, -0.2) is 53.7 Å². The molecule has 0 radical (unpaired) electrons. The zero-order valence-corrected chi connectivity index (χ0v) is 11.3. The Kier molecular flexibility index (Phi) is 4.01. The molecule has 1 saturated heterocycles. The predicted octanol–water partition coefficient (Wildman–Crippen LogP) is 0.134. The van der Waals surface area contributed by atoms with Gasteiger partial charge in [-0.05, 0) is 18.1 Å². The third-order valence-corrected chi connectivity index (χ3v) is 3.37. The summed E-state index contributed by atoms with van der Waals surface area (Å²) in [6, 6.07) is 3.37. The van der Waals surface area contributed by atoms with E-state index in [1.807, 2.05) is 36.0 Å². The standard InChI is InChI=1S/C13H20N4O2/c1-16(2)12-4-3-9(6-15-12)7-17-8-10(14)5-11(17)13(18)19/h3-4,6,10-11H,5,7-8,14H2,1-2H3,(H,18,19)/t10-,11-/m0/s1. The Bertz CT molecular complexity index is 446. The smallest absolute Gasteiger partial charge is 0.320 e. The molecule has 104 valence electrons. The highest BCUT2D eigenvalue weighted by Crippen LogP contribution is 2.20. The first-order valence-electron chi connectivity index (χ1n) is 6.32. The van der Waals surface area contributed by atoms with E-state index in [0.717, 1.165) is 11.4 Å². The van der Waals surface area contributed by atoms with Crippen LogP contribution in [0.1, 0.15) is 12.0 Å². The number of carboxylic acids is 1. The zero-order valence-electron chi connectivity index (χ0n) is 11.3. The molecule has 0 bridgehead atoms. The van der Waals surface area contributed by atoms with Crippen LogP contribution in [0.25, 0.3) is 0 Å². The van der Waals surface area contributed by atoms with Crippen molar-refractivity contribution in [3.63, 3.8) is 0 Å². The van der Waals surface area contributed by atoms with Crippen LogP contribution in [-0.2, 0) is 11.3 Å². The van der Waals surface area contributed by atoms with E-state index < -0.39 is 12.0 Å². The number of aromatic nitrogens is 1. The molecule has 1 aliphatic heterocycles. The van der Waals surface area contributed by atoms with Gasteiger partial charge in [-0.25, -0.2) is 4.98 Å². The number of pyridine rings is 1. The Hall–Kier alpha value is -1.66. The second kappa shape index (κ2) is 5.54. The molecule has 0 aromatic carbocycles. The maximum atomic E-state index is 11.2. The van der Waals surface area contributed by atoms with E-state index in [1.54, 1.807) is 6.20 Å². The first kappa shape index (κ1) is 13.8. The van der Waals surface area contributed by atoms with E-state index >= 15 is 0 Å². The molecule has 0 unspecified atom stereocenters. The van der Waals surface area contributed by atoms with Crippen LogP contribution in [0.15, 0.2) is 18.3 Å². The third-order valence-electron chi connectivity index (χ3n) is 3.37. The Balaban J connectivity index is 2.05. The molecule has 1 aromatic heterocycles. The minimum atomic E-state index is -0.800. The quantitative estimate of drug-likeness (QED) is 0.804. The lowest BCUT2D eigenvalue weighted by Crippen LogP contribution is -2.35. The van der Waals surface area contributed by atoms with Crippen LogP contribution < -0.4 is 10.6 Å². The first-order chi connectivity index (χ1) is 8.97. The molecule has 3 N–H and O–H groups in total. The van der Waals surface area contributed by atoms with E-state index in [1.165, 1.54) is 0 Å². The van der Waals surface area contributed by atoms with Gasteiger partial charge in [0.1, 0.15) is 11.9 Å². The Morgan fingerprint density at radius 3 is 2.84 bits per heavy atom. The summed E-state index contributed by atoms with van der Waals surface area (Å²) in [5.74, 6) is 0.0856. The molecule has 6 nitrogen and oxygen atoms in total. The van der Waals surface area contributed by atoms with Crippen LogP contribution in [0.2, 0.25) is 0 Å². The lowest BCUT2D eigenvalue weighted by atomic mass is 10.2. The van der Waals surface area contributed by atoms with Gasteiger partial charge in [0.2, 0.25) is 0 Å². The highest BCUT2D eigenvalue weighted by molar-refractivity contribution is 5.74. The van der Waals surface area contributed by atoms with Gasteiger partial charge in [0.15, 0.2) is 0 Å². The van der Waals surface area contributed by atoms with Gasteiger partial charge >= 0.3 is 5.97 Å². The summed E-state index contributed by atoms with van der Waals surface area (Å²) >= 11 is 0. The van der Waals surface area contributed by atoms with Gasteiger partial charge in [0, 0.05) is 39.4 Å². The van der Waals surface area contributed by atoms with Gasteiger partial charge in [-0.1, -0.05) is 6.07 Å². The van der Waals surface area contributed by atoms with E-state index in [0.29, 0.717) is 19.5 Å². The fraction of sp³-hybridized carbons (Fsp3) is 0.538. The number of nitrogens with zero attached hydrogens (tertiary/aromatic N) is 3. The fourth-order valence-corrected chi connectivity index (χ4v) is 2.38. The van der Waals surface area contributed by atoms with Crippen molar-refractivity contribution in [3.8, 4) is 0 Å². The monoisotopic (exact) mass is 264 g/mol. The van der Waals surface area contributed by atoms with E-state index in [4.69, 9.17) is 5.73 Å². The maximum absolute atomic E-state index is 11.2. The molecular weight excluding hydrogens is 244 g/mol. The molecular formula is C13H20N4O2. The number of anilines is 1. The molecule has 1 aliphatic rings. The average Bonchev–Trinajstić information content (AvgIpc) is 2.71.